The van der Waals surface area contributed by atoms with Gasteiger partial charge in [0.25, 0.3) is 5.56 Å². The molecule has 0 bridgehead atoms. The van der Waals surface area contributed by atoms with Gasteiger partial charge in [-0.2, -0.15) is 5.10 Å². The summed E-state index contributed by atoms with van der Waals surface area (Å²) in [5.41, 5.74) is 1.08. The van der Waals surface area contributed by atoms with Crippen molar-refractivity contribution < 1.29 is 9.53 Å². The molecule has 2 aromatic rings. The van der Waals surface area contributed by atoms with Crippen LogP contribution >= 0.6 is 0 Å². The van der Waals surface area contributed by atoms with E-state index in [9.17, 15) is 9.59 Å². The van der Waals surface area contributed by atoms with E-state index in [1.54, 1.807) is 37.1 Å². The molecule has 1 atom stereocenters. The minimum absolute atomic E-state index is 0.00911. The third-order valence-corrected chi connectivity index (χ3v) is 4.39. The Hall–Kier alpha value is -2.77. The number of hydrogen-bond acceptors (Lipinski definition) is 6. The zero-order valence-corrected chi connectivity index (χ0v) is 14.4. The smallest absolute Gasteiger partial charge is 0.256 e. The third kappa shape index (κ3) is 4.01. The summed E-state index contributed by atoms with van der Waals surface area (Å²) in [7, 11) is 0. The van der Waals surface area contributed by atoms with Gasteiger partial charge in [-0.25, -0.2) is 4.98 Å². The predicted molar refractivity (Wildman–Crippen MR) is 90.2 cm³/mol. The Morgan fingerprint density at radius 2 is 2.24 bits per heavy atom. The molecule has 0 N–H and O–H groups in total. The zero-order valence-electron chi connectivity index (χ0n) is 14.4. The number of ether oxygens (including phenoxy) is 1. The van der Waals surface area contributed by atoms with Crippen molar-refractivity contribution >= 4 is 5.91 Å². The maximum Gasteiger partial charge on any atom is 0.256 e. The van der Waals surface area contributed by atoms with Gasteiger partial charge in [0.05, 0.1) is 12.9 Å². The van der Waals surface area contributed by atoms with E-state index in [1.807, 2.05) is 0 Å². The molecule has 1 saturated heterocycles. The van der Waals surface area contributed by atoms with Gasteiger partial charge in [0.15, 0.2) is 0 Å². The lowest BCUT2D eigenvalue weighted by atomic mass is 10.1. The maximum absolute atomic E-state index is 12.6. The highest BCUT2D eigenvalue weighted by atomic mass is 16.5. The Morgan fingerprint density at radius 3 is 3.00 bits per heavy atom. The number of aryl methyl sites for hydroxylation is 1. The molecule has 0 spiro atoms. The Bertz CT molecular complexity index is 806. The lowest BCUT2D eigenvalue weighted by Crippen LogP contribution is -2.46. The minimum atomic E-state index is -0.176. The van der Waals surface area contributed by atoms with Crippen LogP contribution in [0, 0.1) is 13.8 Å². The van der Waals surface area contributed by atoms with Gasteiger partial charge in [-0.15, -0.1) is 5.10 Å². The van der Waals surface area contributed by atoms with Crippen LogP contribution in [-0.2, 0) is 11.3 Å². The zero-order chi connectivity index (χ0) is 17.8. The van der Waals surface area contributed by atoms with E-state index in [-0.39, 0.29) is 24.1 Å². The summed E-state index contributed by atoms with van der Waals surface area (Å²) in [6, 6.07) is 3.50. The summed E-state index contributed by atoms with van der Waals surface area (Å²) < 4.78 is 7.16. The molecule has 3 rings (SSSR count). The highest BCUT2D eigenvalue weighted by molar-refractivity contribution is 5.76. The fourth-order valence-corrected chi connectivity index (χ4v) is 2.82. The number of rotatable bonds is 4. The van der Waals surface area contributed by atoms with Crippen molar-refractivity contribution in [1.29, 1.82) is 0 Å². The topological polar surface area (TPSA) is 90.2 Å². The van der Waals surface area contributed by atoms with Crippen molar-refractivity contribution in [3.05, 3.63) is 46.3 Å². The summed E-state index contributed by atoms with van der Waals surface area (Å²) in [4.78, 5) is 30.7. The van der Waals surface area contributed by atoms with Gasteiger partial charge in [-0.05, 0) is 32.8 Å². The largest absolute Gasteiger partial charge is 0.471 e. The molecule has 8 heteroatoms. The third-order valence-electron chi connectivity index (χ3n) is 4.39. The maximum atomic E-state index is 12.6. The SMILES string of the molecule is Cc1ncn(CC(=O)N2CCC[C@@H](Oc3cccnn3)C2)c(=O)c1C. The monoisotopic (exact) mass is 343 g/mol. The second-order valence-corrected chi connectivity index (χ2v) is 6.17. The minimum Gasteiger partial charge on any atom is -0.471 e. The Balaban J connectivity index is 1.64. The molecule has 1 aliphatic rings. The molecule has 0 aromatic carbocycles. The first kappa shape index (κ1) is 17.1. The van der Waals surface area contributed by atoms with E-state index >= 15 is 0 Å². The number of carbonyl (C=O) groups excluding carboxylic acids is 1. The van der Waals surface area contributed by atoms with E-state index in [4.69, 9.17) is 4.74 Å². The Labute approximate surface area is 145 Å². The van der Waals surface area contributed by atoms with Crippen molar-refractivity contribution in [3.63, 3.8) is 0 Å². The second kappa shape index (κ2) is 7.42. The fraction of sp³-hybridized carbons (Fsp3) is 0.471. The van der Waals surface area contributed by atoms with Crippen molar-refractivity contribution in [3.8, 4) is 5.88 Å². The standard InChI is InChI=1S/C17H21N5O3/c1-12-13(2)18-11-22(17(12)24)10-16(23)21-8-4-5-14(9-21)25-15-6-3-7-19-20-15/h3,6-7,11,14H,4-5,8-10H2,1-2H3/t14-/m1/s1. The van der Waals surface area contributed by atoms with Gasteiger partial charge >= 0.3 is 0 Å². The van der Waals surface area contributed by atoms with Crippen LogP contribution in [0.25, 0.3) is 0 Å². The molecule has 1 aliphatic heterocycles. The molecule has 0 saturated carbocycles. The van der Waals surface area contributed by atoms with Crippen LogP contribution in [0.15, 0.2) is 29.5 Å². The van der Waals surface area contributed by atoms with E-state index in [1.165, 1.54) is 10.9 Å². The van der Waals surface area contributed by atoms with Crippen LogP contribution in [0.2, 0.25) is 0 Å². The summed E-state index contributed by atoms with van der Waals surface area (Å²) in [5.74, 6) is 0.343. The second-order valence-electron chi connectivity index (χ2n) is 6.17. The summed E-state index contributed by atoms with van der Waals surface area (Å²) in [6.45, 7) is 4.62. The first-order valence-corrected chi connectivity index (χ1v) is 8.29. The average Bonchev–Trinajstić information content (AvgIpc) is 2.63. The lowest BCUT2D eigenvalue weighted by molar-refractivity contribution is -0.134. The highest BCUT2D eigenvalue weighted by Crippen LogP contribution is 2.16. The highest BCUT2D eigenvalue weighted by Gasteiger charge is 2.25. The van der Waals surface area contributed by atoms with Crippen LogP contribution < -0.4 is 10.3 Å². The average molecular weight is 343 g/mol. The number of piperidine rings is 1. The molecule has 1 amide bonds. The number of aromatic nitrogens is 4. The van der Waals surface area contributed by atoms with Crippen molar-refractivity contribution in [1.82, 2.24) is 24.6 Å². The van der Waals surface area contributed by atoms with Crippen LogP contribution in [-0.4, -0.2) is 49.7 Å². The number of carbonyl (C=O) groups is 1. The number of likely N-dealkylation sites (tertiary alicyclic amines) is 1. The molecule has 25 heavy (non-hydrogen) atoms. The van der Waals surface area contributed by atoms with Crippen molar-refractivity contribution in [2.45, 2.75) is 39.3 Å². The molecular weight excluding hydrogens is 322 g/mol. The lowest BCUT2D eigenvalue weighted by Gasteiger charge is -2.32. The van der Waals surface area contributed by atoms with Crippen molar-refractivity contribution in [2.75, 3.05) is 13.1 Å². The Kier molecular flexibility index (Phi) is 5.06. The van der Waals surface area contributed by atoms with Gasteiger partial charge < -0.3 is 9.64 Å². The molecular formula is C17H21N5O3. The number of amides is 1. The molecule has 0 radical (unpaired) electrons. The van der Waals surface area contributed by atoms with Gasteiger partial charge in [0.1, 0.15) is 12.6 Å². The first-order chi connectivity index (χ1) is 12.0. The molecule has 3 heterocycles. The quantitative estimate of drug-likeness (QED) is 0.812. The molecule has 2 aromatic heterocycles. The molecule has 1 fully saturated rings. The van der Waals surface area contributed by atoms with Gasteiger partial charge in [-0.1, -0.05) is 0 Å². The normalized spacial score (nSPS) is 17.4. The van der Waals surface area contributed by atoms with Crippen LogP contribution in [0.1, 0.15) is 24.1 Å². The summed E-state index contributed by atoms with van der Waals surface area (Å²) in [5, 5.41) is 7.70. The van der Waals surface area contributed by atoms with Gasteiger partial charge in [-0.3, -0.25) is 14.2 Å². The fourth-order valence-electron chi connectivity index (χ4n) is 2.82. The van der Waals surface area contributed by atoms with Crippen LogP contribution in [0.4, 0.5) is 0 Å². The van der Waals surface area contributed by atoms with Gasteiger partial charge in [0.2, 0.25) is 11.8 Å². The van der Waals surface area contributed by atoms with E-state index in [0.717, 1.165) is 12.8 Å². The first-order valence-electron chi connectivity index (χ1n) is 8.29. The molecule has 0 unspecified atom stereocenters. The molecule has 132 valence electrons. The van der Waals surface area contributed by atoms with Gasteiger partial charge in [0, 0.05) is 30.1 Å². The summed E-state index contributed by atoms with van der Waals surface area (Å²) in [6.07, 6.45) is 4.59. The number of nitrogens with zero attached hydrogens (tertiary/aromatic N) is 5. The van der Waals surface area contributed by atoms with Crippen LogP contribution in [0.5, 0.6) is 5.88 Å². The summed E-state index contributed by atoms with van der Waals surface area (Å²) >= 11 is 0. The molecule has 8 nitrogen and oxygen atoms in total. The van der Waals surface area contributed by atoms with E-state index < -0.39 is 0 Å². The number of hydrogen-bond donors (Lipinski definition) is 0. The van der Waals surface area contributed by atoms with Crippen molar-refractivity contribution in [2.24, 2.45) is 0 Å². The Morgan fingerprint density at radius 1 is 1.40 bits per heavy atom. The molecule has 0 aliphatic carbocycles. The van der Waals surface area contributed by atoms with Crippen LogP contribution in [0.3, 0.4) is 0 Å². The predicted octanol–water partition coefficient (Wildman–Crippen LogP) is 0.720. The van der Waals surface area contributed by atoms with E-state index in [0.29, 0.717) is 30.2 Å². The van der Waals surface area contributed by atoms with E-state index in [2.05, 4.69) is 15.2 Å².